The number of azo groups is 1. The molecule has 0 amide bonds. The molecule has 3 rings (SSSR count). The van der Waals surface area contributed by atoms with Crippen LogP contribution in [0, 0.1) is 13.5 Å². The molecule has 3 aromatic rings. The number of benzene rings is 1. The van der Waals surface area contributed by atoms with Crippen LogP contribution in [-0.4, -0.2) is 25.9 Å². The number of carbonyl (C=O) groups excluding carboxylic acids is 1. The van der Waals surface area contributed by atoms with Crippen LogP contribution >= 0.6 is 23.3 Å². The van der Waals surface area contributed by atoms with E-state index in [4.69, 9.17) is 6.57 Å². The van der Waals surface area contributed by atoms with Gasteiger partial charge < -0.3 is 4.98 Å². The Morgan fingerprint density at radius 3 is 2.81 bits per heavy atom. The van der Waals surface area contributed by atoms with Crippen LogP contribution in [0.25, 0.3) is 16.2 Å². The van der Waals surface area contributed by atoms with E-state index < -0.39 is 0 Å². The topological polar surface area (TPSA) is 87.7 Å². The number of Topliss-reactive ketones (excluding diaryl/α,β-unsaturated/α-hetero) is 1. The molecule has 0 aliphatic rings. The third-order valence-corrected chi connectivity index (χ3v) is 5.20. The van der Waals surface area contributed by atoms with Gasteiger partial charge in [-0.3, -0.25) is 4.79 Å². The second-order valence-electron chi connectivity index (χ2n) is 5.33. The lowest BCUT2D eigenvalue weighted by atomic mass is 10.2. The summed E-state index contributed by atoms with van der Waals surface area (Å²) in [5.74, 6) is 1.46. The summed E-state index contributed by atoms with van der Waals surface area (Å²) in [5.41, 5.74) is 1.95. The molecule has 7 nitrogen and oxygen atoms in total. The maximum Gasteiger partial charge on any atom is 0.247 e. The molecule has 9 heteroatoms. The van der Waals surface area contributed by atoms with Crippen molar-refractivity contribution in [2.75, 3.05) is 5.75 Å². The average Bonchev–Trinajstić information content (AvgIpc) is 3.21. The van der Waals surface area contributed by atoms with Crippen molar-refractivity contribution >= 4 is 45.6 Å². The highest BCUT2D eigenvalue weighted by Crippen LogP contribution is 2.38. The third-order valence-electron chi connectivity index (χ3n) is 3.28. The molecule has 0 fully saturated rings. The maximum atomic E-state index is 11.3. The van der Waals surface area contributed by atoms with Gasteiger partial charge in [-0.05, 0) is 25.4 Å². The van der Waals surface area contributed by atoms with E-state index in [2.05, 4.69) is 29.4 Å². The number of aryl methyl sites for hydroxylation is 1. The van der Waals surface area contributed by atoms with Crippen LogP contribution in [0.3, 0.4) is 0 Å². The Morgan fingerprint density at radius 1 is 1.35 bits per heavy atom. The second kappa shape index (κ2) is 8.03. The fraction of sp³-hybridized carbons (Fsp3) is 0.176. The third kappa shape index (κ3) is 4.04. The van der Waals surface area contributed by atoms with E-state index in [0.717, 1.165) is 17.1 Å². The van der Waals surface area contributed by atoms with Gasteiger partial charge in [-0.1, -0.05) is 42.1 Å². The molecule has 0 saturated heterocycles. The van der Waals surface area contributed by atoms with Crippen LogP contribution in [0.5, 0.6) is 0 Å². The molecule has 0 atom stereocenters. The first kappa shape index (κ1) is 18.0. The van der Waals surface area contributed by atoms with Gasteiger partial charge in [-0.2, -0.15) is 0 Å². The molecule has 2 aromatic heterocycles. The normalized spacial score (nSPS) is 11.0. The minimum Gasteiger partial charge on any atom is -0.321 e. The zero-order valence-corrected chi connectivity index (χ0v) is 15.7. The monoisotopic (exact) mass is 382 g/mol. The van der Waals surface area contributed by atoms with E-state index in [1.165, 1.54) is 18.7 Å². The Morgan fingerprint density at radius 2 is 2.12 bits per heavy atom. The number of nitrogens with one attached hydrogen (secondary N) is 1. The summed E-state index contributed by atoms with van der Waals surface area (Å²) >= 11 is 2.43. The van der Waals surface area contributed by atoms with Crippen LogP contribution in [-0.2, 0) is 4.79 Å². The minimum atomic E-state index is 0.0514. The summed E-state index contributed by atoms with van der Waals surface area (Å²) in [7, 11) is 0. The number of hydrogen-bond acceptors (Lipinski definition) is 7. The van der Waals surface area contributed by atoms with Gasteiger partial charge in [0.05, 0.1) is 18.0 Å². The van der Waals surface area contributed by atoms with Crippen molar-refractivity contribution in [2.24, 2.45) is 10.2 Å². The summed E-state index contributed by atoms with van der Waals surface area (Å²) in [5, 5.41) is 9.43. The van der Waals surface area contributed by atoms with E-state index in [-0.39, 0.29) is 5.78 Å². The van der Waals surface area contributed by atoms with Crippen molar-refractivity contribution in [3.05, 3.63) is 47.4 Å². The van der Waals surface area contributed by atoms with E-state index >= 15 is 0 Å². The summed E-state index contributed by atoms with van der Waals surface area (Å²) in [6.07, 6.45) is 0. The van der Waals surface area contributed by atoms with Gasteiger partial charge in [-0.15, -0.1) is 10.2 Å². The number of carbonyl (C=O) groups is 1. The van der Waals surface area contributed by atoms with Gasteiger partial charge in [0.25, 0.3) is 0 Å². The molecule has 1 aromatic carbocycles. The Labute approximate surface area is 158 Å². The lowest BCUT2D eigenvalue weighted by Gasteiger charge is -1.94. The number of aromatic amines is 1. The molecular formula is C17H14N6OS2. The Balaban J connectivity index is 1.96. The number of nitrogens with zero attached hydrogens (tertiary/aromatic N) is 5. The molecule has 0 aliphatic carbocycles. The summed E-state index contributed by atoms with van der Waals surface area (Å²) in [6, 6.07) is 9.63. The molecule has 2 heterocycles. The first-order valence-electron chi connectivity index (χ1n) is 7.61. The first-order valence-corrected chi connectivity index (χ1v) is 9.37. The van der Waals surface area contributed by atoms with E-state index in [1.807, 2.05) is 30.3 Å². The molecule has 26 heavy (non-hydrogen) atoms. The molecule has 0 bridgehead atoms. The second-order valence-corrected chi connectivity index (χ2v) is 7.05. The average molecular weight is 382 g/mol. The standard InChI is InChI=1S/C17H14N6OS2/c1-10(24)9-25-17-15(19-14(20-17)12-7-5-4-6-8-12)21-22-16-13(18-3)11(2)23-26-16/h4-8H,9H2,1-2H3,(H,19,20)/b22-21+. The largest absolute Gasteiger partial charge is 0.321 e. The van der Waals surface area contributed by atoms with Gasteiger partial charge in [0.15, 0.2) is 10.8 Å². The number of imidazole rings is 1. The SMILES string of the molecule is [C-]#[N+]c1c(C)nsc1/N=N/c1[nH]c(-c2ccccc2)nc1SCC(C)=O. The molecule has 0 aliphatic heterocycles. The zero-order chi connectivity index (χ0) is 18.5. The van der Waals surface area contributed by atoms with E-state index in [9.17, 15) is 4.79 Å². The van der Waals surface area contributed by atoms with Crippen LogP contribution in [0.4, 0.5) is 16.5 Å². The van der Waals surface area contributed by atoms with Crippen molar-refractivity contribution in [3.8, 4) is 11.4 Å². The van der Waals surface area contributed by atoms with Crippen LogP contribution in [0.1, 0.15) is 12.6 Å². The highest BCUT2D eigenvalue weighted by Gasteiger charge is 2.14. The molecule has 1 N–H and O–H groups in total. The quantitative estimate of drug-likeness (QED) is 0.347. The zero-order valence-electron chi connectivity index (χ0n) is 14.1. The van der Waals surface area contributed by atoms with E-state index in [0.29, 0.717) is 38.8 Å². The molecule has 0 spiro atoms. The van der Waals surface area contributed by atoms with Gasteiger partial charge in [0, 0.05) is 5.56 Å². The fourth-order valence-corrected chi connectivity index (χ4v) is 3.45. The number of ketones is 1. The predicted molar refractivity (Wildman–Crippen MR) is 103 cm³/mol. The lowest BCUT2D eigenvalue weighted by Crippen LogP contribution is -1.92. The highest BCUT2D eigenvalue weighted by molar-refractivity contribution is 8.00. The van der Waals surface area contributed by atoms with Crippen LogP contribution in [0.15, 0.2) is 45.6 Å². The molecule has 130 valence electrons. The predicted octanol–water partition coefficient (Wildman–Crippen LogP) is 5.49. The van der Waals surface area contributed by atoms with Gasteiger partial charge >= 0.3 is 0 Å². The lowest BCUT2D eigenvalue weighted by molar-refractivity contribution is -0.114. The van der Waals surface area contributed by atoms with Crippen molar-refractivity contribution in [3.63, 3.8) is 0 Å². The Kier molecular flexibility index (Phi) is 5.55. The number of hydrogen-bond donors (Lipinski definition) is 1. The van der Waals surface area contributed by atoms with Gasteiger partial charge in [0.1, 0.15) is 16.6 Å². The highest BCUT2D eigenvalue weighted by atomic mass is 32.2. The smallest absolute Gasteiger partial charge is 0.247 e. The minimum absolute atomic E-state index is 0.0514. The molecule has 0 radical (unpaired) electrons. The summed E-state index contributed by atoms with van der Waals surface area (Å²) in [4.78, 5) is 22.4. The first-order chi connectivity index (χ1) is 12.6. The molecule has 0 unspecified atom stereocenters. The van der Waals surface area contributed by atoms with Crippen molar-refractivity contribution < 1.29 is 4.79 Å². The number of H-pyrrole nitrogens is 1. The van der Waals surface area contributed by atoms with E-state index in [1.54, 1.807) is 6.92 Å². The molecular weight excluding hydrogens is 368 g/mol. The number of thioether (sulfide) groups is 1. The maximum absolute atomic E-state index is 11.3. The fourth-order valence-electron chi connectivity index (χ4n) is 2.06. The summed E-state index contributed by atoms with van der Waals surface area (Å²) in [6.45, 7) is 10.5. The van der Waals surface area contributed by atoms with Crippen LogP contribution < -0.4 is 0 Å². The summed E-state index contributed by atoms with van der Waals surface area (Å²) < 4.78 is 4.13. The Bertz CT molecular complexity index is 1000. The van der Waals surface area contributed by atoms with Crippen molar-refractivity contribution in [1.29, 1.82) is 0 Å². The number of aromatic nitrogens is 3. The molecule has 0 saturated carbocycles. The van der Waals surface area contributed by atoms with Gasteiger partial charge in [0.2, 0.25) is 5.69 Å². The van der Waals surface area contributed by atoms with Crippen molar-refractivity contribution in [1.82, 2.24) is 14.3 Å². The van der Waals surface area contributed by atoms with Gasteiger partial charge in [-0.25, -0.2) is 14.2 Å². The van der Waals surface area contributed by atoms with Crippen LogP contribution in [0.2, 0.25) is 0 Å². The Hall–Kier alpha value is -2.83. The number of rotatable bonds is 6. The van der Waals surface area contributed by atoms with Crippen molar-refractivity contribution in [2.45, 2.75) is 18.9 Å².